The fraction of sp³-hybridized carbons (Fsp3) is 0.0909. The molecule has 0 saturated carbocycles. The molecule has 0 fully saturated rings. The largest absolute Gasteiger partial charge is 0.504 e. The third kappa shape index (κ3) is 6.85. The molecule has 0 aliphatic rings. The zero-order valence-corrected chi connectivity index (χ0v) is 9.28. The fourth-order valence-corrected chi connectivity index (χ4v) is 0.812. The van der Waals surface area contributed by atoms with Gasteiger partial charge in [-0.05, 0) is 23.8 Å². The lowest BCUT2D eigenvalue weighted by Crippen LogP contribution is -2.10. The molecule has 0 saturated heterocycles. The van der Waals surface area contributed by atoms with Crippen molar-refractivity contribution >= 4 is 18.0 Å². The van der Waals surface area contributed by atoms with Crippen LogP contribution in [0.1, 0.15) is 5.56 Å². The molecule has 0 aliphatic carbocycles. The summed E-state index contributed by atoms with van der Waals surface area (Å²) in [6, 6.07) is 4.06. The maximum absolute atomic E-state index is 10.1. The number of hydrogen-bond acceptors (Lipinski definition) is 5. The predicted octanol–water partition coefficient (Wildman–Crippen LogP) is 0.225. The van der Waals surface area contributed by atoms with Crippen LogP contribution in [0.5, 0.6) is 11.5 Å². The van der Waals surface area contributed by atoms with Crippen molar-refractivity contribution in [1.29, 1.82) is 0 Å². The van der Waals surface area contributed by atoms with E-state index in [-0.39, 0.29) is 18.0 Å². The molecule has 18 heavy (non-hydrogen) atoms. The highest BCUT2D eigenvalue weighted by atomic mass is 16.4. The fourth-order valence-electron chi connectivity index (χ4n) is 0.812. The van der Waals surface area contributed by atoms with E-state index >= 15 is 0 Å². The van der Waals surface area contributed by atoms with Crippen LogP contribution in [0.15, 0.2) is 24.3 Å². The van der Waals surface area contributed by atoms with Gasteiger partial charge in [0, 0.05) is 6.08 Å². The van der Waals surface area contributed by atoms with Gasteiger partial charge in [-0.3, -0.25) is 4.79 Å². The number of phenols is 2. The van der Waals surface area contributed by atoms with E-state index in [1.165, 1.54) is 24.3 Å². The molecule has 0 heterocycles. The van der Waals surface area contributed by atoms with E-state index < -0.39 is 11.9 Å². The zero-order chi connectivity index (χ0) is 14.1. The van der Waals surface area contributed by atoms with Crippen LogP contribution < -0.4 is 5.73 Å². The van der Waals surface area contributed by atoms with Crippen molar-refractivity contribution in [3.63, 3.8) is 0 Å². The molecule has 0 spiro atoms. The maximum Gasteiger partial charge on any atom is 0.328 e. The Balaban J connectivity index is 0.000000494. The van der Waals surface area contributed by atoms with Gasteiger partial charge in [0.05, 0.1) is 6.54 Å². The Labute approximate surface area is 102 Å². The number of rotatable bonds is 3. The molecule has 1 aromatic rings. The Morgan fingerprint density at radius 3 is 2.11 bits per heavy atom. The summed E-state index contributed by atoms with van der Waals surface area (Å²) >= 11 is 0. The highest BCUT2D eigenvalue weighted by Crippen LogP contribution is 2.25. The summed E-state index contributed by atoms with van der Waals surface area (Å²) in [5.41, 5.74) is 5.08. The molecule has 0 bridgehead atoms. The molecule has 0 aromatic heterocycles. The van der Waals surface area contributed by atoms with Crippen LogP contribution in [-0.2, 0) is 9.59 Å². The molecule has 1 rings (SSSR count). The number of carbonyl (C=O) groups is 2. The Kier molecular flexibility index (Phi) is 6.60. The van der Waals surface area contributed by atoms with Crippen molar-refractivity contribution < 1.29 is 30.0 Å². The molecular weight excluding hydrogens is 242 g/mol. The molecule has 7 heteroatoms. The van der Waals surface area contributed by atoms with E-state index in [0.717, 1.165) is 6.08 Å². The number of aromatic hydroxyl groups is 2. The van der Waals surface area contributed by atoms with Gasteiger partial charge in [-0.15, -0.1) is 0 Å². The summed E-state index contributed by atoms with van der Waals surface area (Å²) in [6.07, 6.45) is 2.27. The molecule has 0 amide bonds. The lowest BCUT2D eigenvalue weighted by atomic mass is 10.2. The van der Waals surface area contributed by atoms with Crippen molar-refractivity contribution in [2.45, 2.75) is 0 Å². The van der Waals surface area contributed by atoms with E-state index in [4.69, 9.17) is 20.4 Å². The van der Waals surface area contributed by atoms with E-state index in [1.54, 1.807) is 0 Å². The average Bonchev–Trinajstić information content (AvgIpc) is 2.31. The van der Waals surface area contributed by atoms with E-state index in [0.29, 0.717) is 5.56 Å². The Morgan fingerprint density at radius 2 is 1.72 bits per heavy atom. The standard InChI is InChI=1S/C9H8O4.C2H5NO2/c10-7-3-1-6(5-8(7)11)2-4-9(12)13;3-1-2(4)5/h1-5,10-11H,(H,12,13);1,3H2,(H,4,5). The summed E-state index contributed by atoms with van der Waals surface area (Å²) in [4.78, 5) is 19.4. The van der Waals surface area contributed by atoms with Gasteiger partial charge in [0.2, 0.25) is 0 Å². The highest BCUT2D eigenvalue weighted by molar-refractivity contribution is 5.85. The van der Waals surface area contributed by atoms with Gasteiger partial charge in [0.15, 0.2) is 11.5 Å². The molecular formula is C11H13NO6. The van der Waals surface area contributed by atoms with Gasteiger partial charge in [-0.2, -0.15) is 0 Å². The first-order chi connectivity index (χ1) is 8.36. The first-order valence-corrected chi connectivity index (χ1v) is 4.71. The van der Waals surface area contributed by atoms with Gasteiger partial charge in [-0.1, -0.05) is 6.07 Å². The SMILES string of the molecule is NCC(=O)O.O=C(O)C=Cc1ccc(O)c(O)c1. The minimum atomic E-state index is -1.06. The number of hydrogen-bond donors (Lipinski definition) is 5. The average molecular weight is 255 g/mol. The highest BCUT2D eigenvalue weighted by Gasteiger charge is 1.97. The summed E-state index contributed by atoms with van der Waals surface area (Å²) in [5, 5.41) is 33.9. The molecule has 0 atom stereocenters. The molecule has 98 valence electrons. The van der Waals surface area contributed by atoms with Gasteiger partial charge >= 0.3 is 11.9 Å². The number of aliphatic carboxylic acids is 2. The van der Waals surface area contributed by atoms with Crippen molar-refractivity contribution in [3.05, 3.63) is 29.8 Å². The minimum absolute atomic E-state index is 0.229. The second-order valence-corrected chi connectivity index (χ2v) is 3.02. The molecule has 0 unspecified atom stereocenters. The van der Waals surface area contributed by atoms with Crippen molar-refractivity contribution in [1.82, 2.24) is 0 Å². The number of phenolic OH excluding ortho intramolecular Hbond substituents is 2. The molecule has 1 aromatic carbocycles. The maximum atomic E-state index is 10.1. The Bertz CT molecular complexity index is 455. The van der Waals surface area contributed by atoms with Gasteiger partial charge in [0.25, 0.3) is 0 Å². The van der Waals surface area contributed by atoms with Crippen molar-refractivity contribution in [2.75, 3.05) is 6.54 Å². The van der Waals surface area contributed by atoms with Crippen molar-refractivity contribution in [3.8, 4) is 11.5 Å². The van der Waals surface area contributed by atoms with Gasteiger partial charge in [0.1, 0.15) is 0 Å². The first-order valence-electron chi connectivity index (χ1n) is 4.71. The number of carboxylic acids is 2. The molecule has 0 radical (unpaired) electrons. The predicted molar refractivity (Wildman–Crippen MR) is 63.1 cm³/mol. The third-order valence-corrected chi connectivity index (χ3v) is 1.59. The number of carboxylic acid groups (broad SMARTS) is 2. The Morgan fingerprint density at radius 1 is 1.17 bits per heavy atom. The van der Waals surface area contributed by atoms with Crippen LogP contribution in [0.2, 0.25) is 0 Å². The summed E-state index contributed by atoms with van der Waals surface area (Å²) in [5.74, 6) is -2.53. The van der Waals surface area contributed by atoms with Crippen LogP contribution in [0, 0.1) is 0 Å². The lowest BCUT2D eigenvalue weighted by molar-refractivity contribution is -0.135. The molecule has 7 nitrogen and oxygen atoms in total. The van der Waals surface area contributed by atoms with Crippen LogP contribution in [0.25, 0.3) is 6.08 Å². The Hall–Kier alpha value is -2.54. The second kappa shape index (κ2) is 7.69. The van der Waals surface area contributed by atoms with Crippen LogP contribution in [0.3, 0.4) is 0 Å². The summed E-state index contributed by atoms with van der Waals surface area (Å²) < 4.78 is 0. The van der Waals surface area contributed by atoms with E-state index in [1.807, 2.05) is 0 Å². The molecule has 6 N–H and O–H groups in total. The topological polar surface area (TPSA) is 141 Å². The lowest BCUT2D eigenvalue weighted by Gasteiger charge is -1.97. The quantitative estimate of drug-likeness (QED) is 0.384. The smallest absolute Gasteiger partial charge is 0.328 e. The summed E-state index contributed by atoms with van der Waals surface area (Å²) in [7, 11) is 0. The van der Waals surface area contributed by atoms with Crippen LogP contribution >= 0.6 is 0 Å². The van der Waals surface area contributed by atoms with Gasteiger partial charge in [-0.25, -0.2) is 4.79 Å². The zero-order valence-electron chi connectivity index (χ0n) is 9.28. The minimum Gasteiger partial charge on any atom is -0.504 e. The second-order valence-electron chi connectivity index (χ2n) is 3.02. The van der Waals surface area contributed by atoms with Crippen LogP contribution in [-0.4, -0.2) is 38.9 Å². The van der Waals surface area contributed by atoms with Crippen molar-refractivity contribution in [2.24, 2.45) is 5.73 Å². The van der Waals surface area contributed by atoms with Crippen LogP contribution in [0.4, 0.5) is 0 Å². The number of nitrogens with two attached hydrogens (primary N) is 1. The van der Waals surface area contributed by atoms with E-state index in [2.05, 4.69) is 5.73 Å². The monoisotopic (exact) mass is 255 g/mol. The number of benzene rings is 1. The normalized spacial score (nSPS) is 9.61. The first kappa shape index (κ1) is 15.5. The van der Waals surface area contributed by atoms with Gasteiger partial charge < -0.3 is 26.2 Å². The van der Waals surface area contributed by atoms with E-state index in [9.17, 15) is 9.59 Å². The molecule has 0 aliphatic heterocycles. The third-order valence-electron chi connectivity index (χ3n) is 1.59. The summed E-state index contributed by atoms with van der Waals surface area (Å²) in [6.45, 7) is -0.278.